The van der Waals surface area contributed by atoms with Crippen LogP contribution in [0.4, 0.5) is 0 Å². The fourth-order valence-electron chi connectivity index (χ4n) is 2.79. The quantitative estimate of drug-likeness (QED) is 0.150. The van der Waals surface area contributed by atoms with E-state index in [0.29, 0.717) is 6.47 Å². The maximum Gasteiger partial charge on any atom is 0.314 e. The van der Waals surface area contributed by atoms with Crippen LogP contribution >= 0.6 is 0 Å². The molecule has 23 heavy (non-hydrogen) atoms. The molecule has 0 aromatic heterocycles. The molecule has 0 aromatic carbocycles. The number of carbonyl (C=O) groups is 2. The number of hydrogen-bond donors (Lipinski definition) is 0. The van der Waals surface area contributed by atoms with Gasteiger partial charge in [-0.05, 0) is 19.8 Å². The lowest BCUT2D eigenvalue weighted by Crippen LogP contribution is -2.34. The molecular formula is C18H35BO4. The second-order valence-corrected chi connectivity index (χ2v) is 6.74. The monoisotopic (exact) mass is 326 g/mol. The summed E-state index contributed by atoms with van der Waals surface area (Å²) in [6, 6.07) is 0. The van der Waals surface area contributed by atoms with Gasteiger partial charge in [0.15, 0.2) is 0 Å². The third kappa shape index (κ3) is 10.4. The van der Waals surface area contributed by atoms with Gasteiger partial charge >= 0.3 is 5.97 Å². The van der Waals surface area contributed by atoms with Crippen molar-refractivity contribution in [3.63, 3.8) is 0 Å². The van der Waals surface area contributed by atoms with Crippen molar-refractivity contribution in [1.29, 1.82) is 0 Å². The van der Waals surface area contributed by atoms with Crippen LogP contribution in [0.1, 0.15) is 91.4 Å². The molecule has 2 unspecified atom stereocenters. The third-order valence-electron chi connectivity index (χ3n) is 4.43. The van der Waals surface area contributed by atoms with Gasteiger partial charge in [-0.15, -0.1) is 0 Å². The van der Waals surface area contributed by atoms with Crippen LogP contribution in [0.2, 0.25) is 0 Å². The SMILES string of the molecule is BC(OC=O)OC(=O)C(C)(CCCCCC)CCCCCCC. The van der Waals surface area contributed by atoms with Gasteiger partial charge in [0.2, 0.25) is 14.0 Å². The largest absolute Gasteiger partial charge is 0.437 e. The summed E-state index contributed by atoms with van der Waals surface area (Å²) in [4.78, 5) is 22.9. The highest BCUT2D eigenvalue weighted by atomic mass is 16.7. The zero-order valence-corrected chi connectivity index (χ0v) is 15.6. The van der Waals surface area contributed by atoms with E-state index < -0.39 is 11.6 Å². The molecule has 0 N–H and O–H groups in total. The molecule has 134 valence electrons. The van der Waals surface area contributed by atoms with Crippen molar-refractivity contribution in [1.82, 2.24) is 0 Å². The predicted octanol–water partition coefficient (Wildman–Crippen LogP) is 3.96. The normalized spacial score (nSPS) is 14.7. The molecule has 0 spiro atoms. The minimum Gasteiger partial charge on any atom is -0.437 e. The lowest BCUT2D eigenvalue weighted by Gasteiger charge is -2.29. The number of carbonyl (C=O) groups excluding carboxylic acids is 2. The Balaban J connectivity index is 4.49. The summed E-state index contributed by atoms with van der Waals surface area (Å²) in [5.74, 6) is -0.237. The van der Waals surface area contributed by atoms with E-state index in [2.05, 4.69) is 18.6 Å². The van der Waals surface area contributed by atoms with Gasteiger partial charge in [-0.25, -0.2) is 0 Å². The van der Waals surface area contributed by atoms with Crippen LogP contribution in [0.3, 0.4) is 0 Å². The van der Waals surface area contributed by atoms with E-state index in [1.54, 1.807) is 7.85 Å². The summed E-state index contributed by atoms with van der Waals surface area (Å²) in [6.45, 7) is 6.69. The van der Waals surface area contributed by atoms with Crippen molar-refractivity contribution in [2.24, 2.45) is 5.41 Å². The maximum atomic E-state index is 12.5. The molecule has 0 radical (unpaired) electrons. The molecule has 0 aliphatic carbocycles. The van der Waals surface area contributed by atoms with Crippen LogP contribution in [-0.2, 0) is 19.1 Å². The first-order valence-electron chi connectivity index (χ1n) is 9.30. The second-order valence-electron chi connectivity index (χ2n) is 6.74. The van der Waals surface area contributed by atoms with E-state index in [0.717, 1.165) is 38.5 Å². The molecule has 0 fully saturated rings. The smallest absolute Gasteiger partial charge is 0.314 e. The van der Waals surface area contributed by atoms with Gasteiger partial charge < -0.3 is 9.47 Å². The minimum atomic E-state index is -0.810. The van der Waals surface area contributed by atoms with E-state index in [4.69, 9.17) is 4.74 Å². The second kappa shape index (κ2) is 13.4. The fraction of sp³-hybridized carbons (Fsp3) is 0.889. The molecule has 0 saturated heterocycles. The average molecular weight is 326 g/mol. The van der Waals surface area contributed by atoms with Crippen LogP contribution in [-0.4, -0.2) is 26.5 Å². The summed E-state index contributed by atoms with van der Waals surface area (Å²) >= 11 is 0. The van der Waals surface area contributed by atoms with Gasteiger partial charge in [0.05, 0.1) is 5.41 Å². The van der Waals surface area contributed by atoms with Gasteiger partial charge in [-0.2, -0.15) is 0 Å². The van der Waals surface area contributed by atoms with E-state index in [9.17, 15) is 9.59 Å². The minimum absolute atomic E-state index is 0.237. The molecule has 0 aliphatic rings. The average Bonchev–Trinajstić information content (AvgIpc) is 2.51. The number of ether oxygens (including phenoxy) is 2. The first kappa shape index (κ1) is 22.0. The first-order valence-corrected chi connectivity index (χ1v) is 9.30. The topological polar surface area (TPSA) is 52.6 Å². The zero-order chi connectivity index (χ0) is 17.6. The van der Waals surface area contributed by atoms with E-state index in [1.165, 1.54) is 32.1 Å². The highest BCUT2D eigenvalue weighted by molar-refractivity contribution is 6.11. The van der Waals surface area contributed by atoms with Crippen molar-refractivity contribution in [2.45, 2.75) is 97.6 Å². The van der Waals surface area contributed by atoms with Crippen molar-refractivity contribution < 1.29 is 19.1 Å². The standard InChI is InChI=1S/C18H35BO4/c1-4-6-8-10-12-14-18(3,13-11-9-7-5-2)16(21)23-17(19)22-15-20/h15,17H,4-14,19H2,1-3H3. The zero-order valence-electron chi connectivity index (χ0n) is 15.6. The van der Waals surface area contributed by atoms with Crippen LogP contribution < -0.4 is 0 Å². The Morgan fingerprint density at radius 1 is 1.00 bits per heavy atom. The number of unbranched alkanes of at least 4 members (excludes halogenated alkanes) is 7. The number of rotatable bonds is 15. The number of esters is 1. The van der Waals surface area contributed by atoms with Gasteiger partial charge in [-0.1, -0.05) is 71.6 Å². The Hall–Kier alpha value is -0.995. The molecule has 5 heteroatoms. The molecule has 0 heterocycles. The summed E-state index contributed by atoms with van der Waals surface area (Å²) in [7, 11) is 1.57. The van der Waals surface area contributed by atoms with Crippen LogP contribution in [0.5, 0.6) is 0 Å². The highest BCUT2D eigenvalue weighted by Gasteiger charge is 2.34. The highest BCUT2D eigenvalue weighted by Crippen LogP contribution is 2.33. The Morgan fingerprint density at radius 2 is 1.48 bits per heavy atom. The first-order chi connectivity index (χ1) is 11.0. The molecule has 0 aromatic rings. The summed E-state index contributed by atoms with van der Waals surface area (Å²) in [6.07, 6.45) is 11.3. The van der Waals surface area contributed by atoms with Gasteiger partial charge in [0.1, 0.15) is 0 Å². The third-order valence-corrected chi connectivity index (χ3v) is 4.43. The summed E-state index contributed by atoms with van der Waals surface area (Å²) < 4.78 is 9.98. The van der Waals surface area contributed by atoms with Gasteiger partial charge in [0.25, 0.3) is 6.47 Å². The summed E-state index contributed by atoms with van der Waals surface area (Å²) in [5, 5.41) is 0. The predicted molar refractivity (Wildman–Crippen MR) is 95.8 cm³/mol. The fourth-order valence-corrected chi connectivity index (χ4v) is 2.79. The molecular weight excluding hydrogens is 291 g/mol. The Kier molecular flexibility index (Phi) is 12.9. The van der Waals surface area contributed by atoms with Crippen molar-refractivity contribution in [3.05, 3.63) is 0 Å². The Bertz CT molecular complexity index is 322. The molecule has 0 saturated carbocycles. The van der Waals surface area contributed by atoms with E-state index in [1.807, 2.05) is 6.92 Å². The number of hydrogen-bond acceptors (Lipinski definition) is 4. The Labute approximate surface area is 143 Å². The molecule has 0 bridgehead atoms. The molecule has 0 rings (SSSR count). The lowest BCUT2D eigenvalue weighted by molar-refractivity contribution is -0.176. The van der Waals surface area contributed by atoms with Crippen LogP contribution in [0.15, 0.2) is 0 Å². The van der Waals surface area contributed by atoms with E-state index in [-0.39, 0.29) is 5.97 Å². The molecule has 0 amide bonds. The summed E-state index contributed by atoms with van der Waals surface area (Å²) in [5.41, 5.74) is -0.472. The molecule has 0 aliphatic heterocycles. The van der Waals surface area contributed by atoms with Crippen LogP contribution in [0, 0.1) is 5.41 Å². The van der Waals surface area contributed by atoms with Crippen molar-refractivity contribution in [3.8, 4) is 0 Å². The lowest BCUT2D eigenvalue weighted by atomic mass is 9.79. The molecule has 4 nitrogen and oxygen atoms in total. The van der Waals surface area contributed by atoms with Gasteiger partial charge in [-0.3, -0.25) is 9.59 Å². The van der Waals surface area contributed by atoms with Crippen molar-refractivity contribution >= 4 is 20.3 Å². The maximum absolute atomic E-state index is 12.5. The van der Waals surface area contributed by atoms with Gasteiger partial charge in [0, 0.05) is 0 Å². The molecule has 2 atom stereocenters. The van der Waals surface area contributed by atoms with Crippen LogP contribution in [0.25, 0.3) is 0 Å². The Morgan fingerprint density at radius 3 is 1.96 bits per heavy atom. The van der Waals surface area contributed by atoms with E-state index >= 15 is 0 Å². The van der Waals surface area contributed by atoms with Crippen molar-refractivity contribution in [2.75, 3.05) is 0 Å².